The minimum atomic E-state index is 0.141. The summed E-state index contributed by atoms with van der Waals surface area (Å²) in [5.74, 6) is 0.141. The number of rotatable bonds is 5. The van der Waals surface area contributed by atoms with Crippen LogP contribution in [0.2, 0.25) is 0 Å². The minimum Gasteiger partial charge on any atom is -0.507 e. The van der Waals surface area contributed by atoms with Gasteiger partial charge in [-0.25, -0.2) is 0 Å². The molecule has 0 saturated heterocycles. The summed E-state index contributed by atoms with van der Waals surface area (Å²) < 4.78 is 0. The van der Waals surface area contributed by atoms with E-state index in [0.717, 1.165) is 30.1 Å². The molecule has 4 rings (SSSR count). The van der Waals surface area contributed by atoms with Gasteiger partial charge in [-0.15, -0.1) is 10.2 Å². The molecule has 29 heavy (non-hydrogen) atoms. The molecule has 2 heterocycles. The molecule has 7 nitrogen and oxygen atoms in total. The van der Waals surface area contributed by atoms with E-state index in [1.807, 2.05) is 19.1 Å². The van der Waals surface area contributed by atoms with Crippen molar-refractivity contribution >= 4 is 16.5 Å². The highest BCUT2D eigenvalue weighted by Gasteiger charge is 2.30. The fraction of sp³-hybridized carbons (Fsp3) is 0.429. The van der Waals surface area contributed by atoms with Crippen LogP contribution < -0.4 is 4.90 Å². The Kier molecular flexibility index (Phi) is 5.12. The number of anilines is 1. The summed E-state index contributed by atoms with van der Waals surface area (Å²) in [6.45, 7) is 6.43. The van der Waals surface area contributed by atoms with Gasteiger partial charge >= 0.3 is 0 Å². The van der Waals surface area contributed by atoms with Crippen LogP contribution in [-0.2, 0) is 0 Å². The number of allylic oxidation sites excluding steroid dienone is 1. The predicted octanol–water partition coefficient (Wildman–Crippen LogP) is 4.37. The van der Waals surface area contributed by atoms with Crippen molar-refractivity contribution in [2.24, 2.45) is 5.41 Å². The van der Waals surface area contributed by atoms with Crippen LogP contribution in [0, 0.1) is 12.3 Å². The highest BCUT2D eigenvalue weighted by molar-refractivity contribution is 7.18. The molecular weight excluding hydrogens is 384 g/mol. The summed E-state index contributed by atoms with van der Waals surface area (Å²) in [6, 6.07) is 5.76. The van der Waals surface area contributed by atoms with E-state index >= 15 is 0 Å². The van der Waals surface area contributed by atoms with Crippen molar-refractivity contribution < 1.29 is 5.11 Å². The van der Waals surface area contributed by atoms with Crippen LogP contribution in [0.3, 0.4) is 0 Å². The lowest BCUT2D eigenvalue weighted by molar-refractivity contribution is 0.319. The van der Waals surface area contributed by atoms with Crippen molar-refractivity contribution in [1.29, 1.82) is 0 Å². The van der Waals surface area contributed by atoms with Gasteiger partial charge in [-0.2, -0.15) is 15.0 Å². The van der Waals surface area contributed by atoms with Crippen LogP contribution in [0.15, 0.2) is 36.5 Å². The van der Waals surface area contributed by atoms with E-state index in [-0.39, 0.29) is 11.2 Å². The number of phenols is 1. The molecule has 0 radical (unpaired) electrons. The second-order valence-electron chi connectivity index (χ2n) is 7.98. The molecule has 2 aromatic heterocycles. The average Bonchev–Trinajstić information content (AvgIpc) is 3.37. The van der Waals surface area contributed by atoms with Gasteiger partial charge in [-0.3, -0.25) is 0 Å². The van der Waals surface area contributed by atoms with E-state index in [4.69, 9.17) is 0 Å². The molecule has 3 aromatic rings. The van der Waals surface area contributed by atoms with E-state index in [2.05, 4.69) is 58.3 Å². The third-order valence-corrected chi connectivity index (χ3v) is 6.80. The smallest absolute Gasteiger partial charge is 0.208 e. The monoisotopic (exact) mass is 410 g/mol. The molecule has 1 aromatic carbocycles. The summed E-state index contributed by atoms with van der Waals surface area (Å²) in [5, 5.41) is 29.3. The molecular formula is C21H26N6OS. The number of aryl methyl sites for hydroxylation is 1. The number of nitrogens with zero attached hydrogens (tertiary/aromatic N) is 6. The van der Waals surface area contributed by atoms with Gasteiger partial charge in [0.2, 0.25) is 5.13 Å². The largest absolute Gasteiger partial charge is 0.507 e. The van der Waals surface area contributed by atoms with Gasteiger partial charge in [-0.05, 0) is 43.7 Å². The lowest BCUT2D eigenvalue weighted by Gasteiger charge is -2.37. The van der Waals surface area contributed by atoms with Gasteiger partial charge in [-0.1, -0.05) is 37.3 Å². The van der Waals surface area contributed by atoms with Crippen LogP contribution >= 0.6 is 11.3 Å². The zero-order valence-corrected chi connectivity index (χ0v) is 18.0. The molecule has 0 spiro atoms. The molecule has 0 fully saturated rings. The van der Waals surface area contributed by atoms with Gasteiger partial charge in [0.15, 0.2) is 5.01 Å². The van der Waals surface area contributed by atoms with E-state index in [1.54, 1.807) is 12.3 Å². The number of hydrogen-bond acceptors (Lipinski definition) is 7. The van der Waals surface area contributed by atoms with Gasteiger partial charge in [0.05, 0.1) is 23.1 Å². The van der Waals surface area contributed by atoms with Crippen LogP contribution in [0.25, 0.3) is 16.3 Å². The molecule has 1 N–H and O–H groups in total. The van der Waals surface area contributed by atoms with E-state index in [0.29, 0.717) is 22.3 Å². The number of benzene rings is 1. The Morgan fingerprint density at radius 1 is 1.34 bits per heavy atom. The first-order valence-electron chi connectivity index (χ1n) is 9.85. The Labute approximate surface area is 174 Å². The maximum Gasteiger partial charge on any atom is 0.208 e. The van der Waals surface area contributed by atoms with Crippen molar-refractivity contribution in [3.8, 4) is 22.0 Å². The number of aromatic nitrogens is 5. The molecule has 0 bridgehead atoms. The quantitative estimate of drug-likeness (QED) is 0.629. The lowest BCUT2D eigenvalue weighted by Crippen LogP contribution is -2.37. The third kappa shape index (κ3) is 3.89. The second-order valence-corrected chi connectivity index (χ2v) is 8.94. The van der Waals surface area contributed by atoms with Crippen molar-refractivity contribution in [2.45, 2.75) is 46.1 Å². The number of phenolic OH excluding ortho intramolecular Hbond substituents is 1. The Balaban J connectivity index is 1.55. The van der Waals surface area contributed by atoms with Gasteiger partial charge in [0, 0.05) is 19.2 Å². The molecule has 0 unspecified atom stereocenters. The Morgan fingerprint density at radius 3 is 2.86 bits per heavy atom. The molecule has 1 aliphatic carbocycles. The Bertz CT molecular complexity index is 1040. The molecule has 1 aliphatic rings. The summed E-state index contributed by atoms with van der Waals surface area (Å²) in [6.07, 6.45) is 9.55. The van der Waals surface area contributed by atoms with E-state index in [9.17, 15) is 5.11 Å². The molecule has 0 aliphatic heterocycles. The van der Waals surface area contributed by atoms with Crippen molar-refractivity contribution in [2.75, 3.05) is 11.9 Å². The summed E-state index contributed by atoms with van der Waals surface area (Å²) in [4.78, 5) is 3.72. The first-order chi connectivity index (χ1) is 13.9. The topological polar surface area (TPSA) is 80.0 Å². The number of hydrogen-bond donors (Lipinski definition) is 1. The molecule has 2 atom stereocenters. The first-order valence-corrected chi connectivity index (χ1v) is 10.7. The first kappa shape index (κ1) is 19.6. The molecule has 8 heteroatoms. The maximum atomic E-state index is 10.6. The lowest BCUT2D eigenvalue weighted by atomic mass is 9.76. The summed E-state index contributed by atoms with van der Waals surface area (Å²) in [5.41, 5.74) is 2.42. The zero-order valence-electron chi connectivity index (χ0n) is 17.2. The standard InChI is InChI=1S/C21H26N6OS/c1-5-21(3)10-6-7-16(12-21)26(4)20-24-23-19(29-20)17-9-8-15(11-18(17)28)27-22-13-14(2)25-27/h6,8-11,13,16,28H,5,7,12H2,1-4H3/t16-,21+/m1/s1. The minimum absolute atomic E-state index is 0.141. The zero-order chi connectivity index (χ0) is 20.6. The highest BCUT2D eigenvalue weighted by Crippen LogP contribution is 2.39. The summed E-state index contributed by atoms with van der Waals surface area (Å²) >= 11 is 1.50. The molecule has 0 saturated carbocycles. The van der Waals surface area contributed by atoms with Gasteiger partial charge in [0.25, 0.3) is 0 Å². The maximum absolute atomic E-state index is 10.6. The van der Waals surface area contributed by atoms with Crippen LogP contribution in [0.1, 0.15) is 38.8 Å². The fourth-order valence-electron chi connectivity index (χ4n) is 3.67. The predicted molar refractivity (Wildman–Crippen MR) is 116 cm³/mol. The average molecular weight is 411 g/mol. The Hall–Kier alpha value is -2.74. The highest BCUT2D eigenvalue weighted by atomic mass is 32.1. The van der Waals surface area contributed by atoms with Crippen LogP contribution in [0.4, 0.5) is 5.13 Å². The van der Waals surface area contributed by atoms with Crippen LogP contribution in [-0.4, -0.2) is 43.4 Å². The van der Waals surface area contributed by atoms with E-state index < -0.39 is 0 Å². The second kappa shape index (κ2) is 7.59. The Morgan fingerprint density at radius 2 is 2.17 bits per heavy atom. The van der Waals surface area contributed by atoms with E-state index in [1.165, 1.54) is 16.1 Å². The van der Waals surface area contributed by atoms with Crippen molar-refractivity contribution in [3.63, 3.8) is 0 Å². The molecule has 0 amide bonds. The van der Waals surface area contributed by atoms with Crippen molar-refractivity contribution in [1.82, 2.24) is 25.2 Å². The van der Waals surface area contributed by atoms with Crippen LogP contribution in [0.5, 0.6) is 5.75 Å². The fourth-order valence-corrected chi connectivity index (χ4v) is 4.58. The third-order valence-electron chi connectivity index (χ3n) is 5.75. The number of aromatic hydroxyl groups is 1. The normalized spacial score (nSPS) is 21.4. The SMILES string of the molecule is CC[C@@]1(C)C=CC[C@@H](N(C)c2nnc(-c3ccc(-n4ncc(C)n4)cc3O)s2)C1. The molecule has 152 valence electrons. The van der Waals surface area contributed by atoms with Crippen molar-refractivity contribution in [3.05, 3.63) is 42.2 Å². The van der Waals surface area contributed by atoms with Gasteiger partial charge < -0.3 is 10.0 Å². The van der Waals surface area contributed by atoms with Gasteiger partial charge in [0.1, 0.15) is 5.75 Å². The summed E-state index contributed by atoms with van der Waals surface area (Å²) in [7, 11) is 2.08.